The molecule has 1 aromatic heterocycles. The Hall–Kier alpha value is -3.12. The molecule has 1 amide bonds. The number of hydrogen-bond donors (Lipinski definition) is 2. The molecule has 1 aliphatic heterocycles. The van der Waals surface area contributed by atoms with E-state index in [0.29, 0.717) is 11.0 Å². The molecule has 0 saturated carbocycles. The zero-order valence-corrected chi connectivity index (χ0v) is 17.2. The van der Waals surface area contributed by atoms with Crippen molar-refractivity contribution in [1.82, 2.24) is 14.8 Å². The SMILES string of the molecule is Cc1ccc([C@H]2C=C(c3ccc(Cl)cc3)Nc3nc(NC(=O)C(C)C)nn32)cc1. The van der Waals surface area contributed by atoms with Gasteiger partial charge in [-0.25, -0.2) is 4.68 Å². The van der Waals surface area contributed by atoms with E-state index in [-0.39, 0.29) is 23.8 Å². The summed E-state index contributed by atoms with van der Waals surface area (Å²) in [5.74, 6) is 0.584. The summed E-state index contributed by atoms with van der Waals surface area (Å²) in [6.07, 6.45) is 2.10. The van der Waals surface area contributed by atoms with E-state index in [9.17, 15) is 4.79 Å². The molecule has 6 nitrogen and oxygen atoms in total. The lowest BCUT2D eigenvalue weighted by molar-refractivity contribution is -0.118. The van der Waals surface area contributed by atoms with Crippen molar-refractivity contribution in [3.05, 3.63) is 76.3 Å². The highest BCUT2D eigenvalue weighted by Crippen LogP contribution is 2.33. The largest absolute Gasteiger partial charge is 0.324 e. The van der Waals surface area contributed by atoms with Crippen LogP contribution in [0.1, 0.15) is 36.6 Å². The number of carbonyl (C=O) groups is 1. The molecule has 7 heteroatoms. The summed E-state index contributed by atoms with van der Waals surface area (Å²) in [5.41, 5.74) is 4.17. The summed E-state index contributed by atoms with van der Waals surface area (Å²) in [4.78, 5) is 16.6. The number of benzene rings is 2. The number of aromatic nitrogens is 3. The average Bonchev–Trinajstić information content (AvgIpc) is 3.10. The van der Waals surface area contributed by atoms with Gasteiger partial charge in [0, 0.05) is 16.6 Å². The van der Waals surface area contributed by atoms with Crippen LogP contribution in [0.2, 0.25) is 5.02 Å². The highest BCUT2D eigenvalue weighted by molar-refractivity contribution is 6.30. The Balaban J connectivity index is 1.75. The maximum absolute atomic E-state index is 12.1. The third-order valence-corrected chi connectivity index (χ3v) is 5.05. The topological polar surface area (TPSA) is 71.8 Å². The molecule has 148 valence electrons. The Morgan fingerprint density at radius 3 is 2.48 bits per heavy atom. The van der Waals surface area contributed by atoms with Gasteiger partial charge in [-0.3, -0.25) is 10.1 Å². The zero-order chi connectivity index (χ0) is 20.5. The molecule has 2 aromatic carbocycles. The quantitative estimate of drug-likeness (QED) is 0.645. The molecule has 29 heavy (non-hydrogen) atoms. The second kappa shape index (κ2) is 7.72. The van der Waals surface area contributed by atoms with E-state index in [1.807, 2.05) is 38.1 Å². The maximum atomic E-state index is 12.1. The molecule has 0 bridgehead atoms. The second-order valence-electron chi connectivity index (χ2n) is 7.42. The summed E-state index contributed by atoms with van der Waals surface area (Å²) >= 11 is 6.04. The number of nitrogens with one attached hydrogen (secondary N) is 2. The van der Waals surface area contributed by atoms with E-state index in [2.05, 4.69) is 58.0 Å². The van der Waals surface area contributed by atoms with Gasteiger partial charge in [0.05, 0.1) is 0 Å². The van der Waals surface area contributed by atoms with Gasteiger partial charge in [0.25, 0.3) is 5.95 Å². The molecule has 1 atom stereocenters. The molecule has 0 radical (unpaired) electrons. The molecule has 0 saturated heterocycles. The Morgan fingerprint density at radius 1 is 1.14 bits per heavy atom. The number of allylic oxidation sites excluding steroid dienone is 1. The van der Waals surface area contributed by atoms with Crippen LogP contribution in [0.5, 0.6) is 0 Å². The van der Waals surface area contributed by atoms with E-state index < -0.39 is 0 Å². The number of nitrogens with zero attached hydrogens (tertiary/aromatic N) is 3. The van der Waals surface area contributed by atoms with Crippen LogP contribution in [0.15, 0.2) is 54.6 Å². The Kier molecular flexibility index (Phi) is 5.11. The zero-order valence-electron chi connectivity index (χ0n) is 16.5. The molecule has 3 aromatic rings. The van der Waals surface area contributed by atoms with E-state index in [0.717, 1.165) is 16.8 Å². The molecule has 0 aliphatic carbocycles. The number of aryl methyl sites for hydroxylation is 1. The smallest absolute Gasteiger partial charge is 0.250 e. The standard InChI is InChI=1S/C22H22ClN5O/c1-13(2)20(29)25-21-26-22-24-18(15-8-10-17(23)11-9-15)12-19(28(22)27-21)16-6-4-14(3)5-7-16/h4-13,19H,1-3H3,(H2,24,25,26,27,29)/t19-/m1/s1. The lowest BCUT2D eigenvalue weighted by atomic mass is 10.0. The van der Waals surface area contributed by atoms with E-state index in [1.54, 1.807) is 4.68 Å². The van der Waals surface area contributed by atoms with Crippen molar-refractivity contribution in [2.24, 2.45) is 5.92 Å². The Labute approximate surface area is 174 Å². The number of anilines is 2. The molecule has 0 fully saturated rings. The maximum Gasteiger partial charge on any atom is 0.250 e. The Morgan fingerprint density at radius 2 is 1.83 bits per heavy atom. The first-order chi connectivity index (χ1) is 13.9. The molecule has 1 aliphatic rings. The van der Waals surface area contributed by atoms with Crippen LogP contribution in [-0.4, -0.2) is 20.7 Å². The molecule has 0 spiro atoms. The van der Waals surface area contributed by atoms with Gasteiger partial charge in [-0.1, -0.05) is 67.4 Å². The summed E-state index contributed by atoms with van der Waals surface area (Å²) in [5, 5.41) is 11.3. The van der Waals surface area contributed by atoms with Crippen LogP contribution in [0.4, 0.5) is 11.9 Å². The fourth-order valence-electron chi connectivity index (χ4n) is 3.10. The summed E-state index contributed by atoms with van der Waals surface area (Å²) in [6.45, 7) is 5.72. The van der Waals surface area contributed by atoms with Crippen molar-refractivity contribution in [3.63, 3.8) is 0 Å². The van der Waals surface area contributed by atoms with Crippen LogP contribution < -0.4 is 10.6 Å². The first kappa shape index (κ1) is 19.2. The summed E-state index contributed by atoms with van der Waals surface area (Å²) < 4.78 is 1.79. The summed E-state index contributed by atoms with van der Waals surface area (Å²) in [7, 11) is 0. The minimum Gasteiger partial charge on any atom is -0.324 e. The number of carbonyl (C=O) groups excluding carboxylic acids is 1. The highest BCUT2D eigenvalue weighted by Gasteiger charge is 2.26. The molecular formula is C22H22ClN5O. The van der Waals surface area contributed by atoms with Gasteiger partial charge >= 0.3 is 0 Å². The minimum absolute atomic E-state index is 0.120. The molecule has 0 unspecified atom stereocenters. The molecule has 2 N–H and O–H groups in total. The lowest BCUT2D eigenvalue weighted by Crippen LogP contribution is -2.20. The highest BCUT2D eigenvalue weighted by atomic mass is 35.5. The third kappa shape index (κ3) is 4.03. The minimum atomic E-state index is -0.158. The number of halogens is 1. The van der Waals surface area contributed by atoms with Crippen molar-refractivity contribution in [2.75, 3.05) is 10.6 Å². The van der Waals surface area contributed by atoms with Crippen molar-refractivity contribution in [2.45, 2.75) is 26.8 Å². The van der Waals surface area contributed by atoms with Gasteiger partial charge in [-0.2, -0.15) is 4.98 Å². The molecule has 4 rings (SSSR count). The van der Waals surface area contributed by atoms with Crippen LogP contribution in [-0.2, 0) is 4.79 Å². The molecule has 2 heterocycles. The number of hydrogen-bond acceptors (Lipinski definition) is 4. The number of fused-ring (bicyclic) bond motifs is 1. The van der Waals surface area contributed by atoms with Gasteiger partial charge in [-0.15, -0.1) is 5.10 Å². The van der Waals surface area contributed by atoms with Crippen LogP contribution >= 0.6 is 11.6 Å². The fraction of sp³-hybridized carbons (Fsp3) is 0.227. The van der Waals surface area contributed by atoms with Gasteiger partial charge in [-0.05, 0) is 36.3 Å². The monoisotopic (exact) mass is 407 g/mol. The first-order valence-electron chi connectivity index (χ1n) is 9.49. The van der Waals surface area contributed by atoms with Gasteiger partial charge in [0.1, 0.15) is 6.04 Å². The van der Waals surface area contributed by atoms with Crippen molar-refractivity contribution < 1.29 is 4.79 Å². The average molecular weight is 408 g/mol. The molecular weight excluding hydrogens is 386 g/mol. The predicted octanol–water partition coefficient (Wildman–Crippen LogP) is 4.89. The van der Waals surface area contributed by atoms with Gasteiger partial charge in [0.15, 0.2) is 0 Å². The van der Waals surface area contributed by atoms with Crippen LogP contribution in [0, 0.1) is 12.8 Å². The van der Waals surface area contributed by atoms with Gasteiger partial charge < -0.3 is 5.32 Å². The lowest BCUT2D eigenvalue weighted by Gasteiger charge is -2.24. The van der Waals surface area contributed by atoms with E-state index >= 15 is 0 Å². The normalized spacial score (nSPS) is 15.5. The fourth-order valence-corrected chi connectivity index (χ4v) is 3.23. The summed E-state index contributed by atoms with van der Waals surface area (Å²) in [6, 6.07) is 15.8. The van der Waals surface area contributed by atoms with E-state index in [4.69, 9.17) is 11.6 Å². The van der Waals surface area contributed by atoms with Crippen LogP contribution in [0.3, 0.4) is 0 Å². The van der Waals surface area contributed by atoms with E-state index in [1.165, 1.54) is 5.56 Å². The second-order valence-corrected chi connectivity index (χ2v) is 7.85. The van der Waals surface area contributed by atoms with Crippen molar-refractivity contribution in [3.8, 4) is 0 Å². The van der Waals surface area contributed by atoms with Crippen molar-refractivity contribution in [1.29, 1.82) is 0 Å². The first-order valence-corrected chi connectivity index (χ1v) is 9.87. The van der Waals surface area contributed by atoms with Crippen LogP contribution in [0.25, 0.3) is 5.70 Å². The predicted molar refractivity (Wildman–Crippen MR) is 116 cm³/mol. The third-order valence-electron chi connectivity index (χ3n) is 4.80. The number of amides is 1. The van der Waals surface area contributed by atoms with Crippen molar-refractivity contribution >= 4 is 35.1 Å². The van der Waals surface area contributed by atoms with Gasteiger partial charge in [0.2, 0.25) is 11.9 Å². The number of rotatable bonds is 4. The Bertz CT molecular complexity index is 1070.